The highest BCUT2D eigenvalue weighted by Gasteiger charge is 2.08. The van der Waals surface area contributed by atoms with E-state index in [4.69, 9.17) is 11.6 Å². The number of aromatic nitrogens is 1. The van der Waals surface area contributed by atoms with Crippen molar-refractivity contribution in [2.45, 2.75) is 0 Å². The molecule has 0 saturated carbocycles. The molecule has 0 amide bonds. The van der Waals surface area contributed by atoms with Crippen molar-refractivity contribution >= 4 is 22.5 Å². The number of fused-ring (bicyclic) bond motifs is 1. The average Bonchev–Trinajstić information content (AvgIpc) is 2.39. The first-order valence-corrected chi connectivity index (χ1v) is 5.93. The Labute approximate surface area is 109 Å². The summed E-state index contributed by atoms with van der Waals surface area (Å²) in [6.45, 7) is 0. The SMILES string of the molecule is Fc1ccccc1-c1cc(Cl)c2ncccc2c1. The van der Waals surface area contributed by atoms with Gasteiger partial charge in [0.1, 0.15) is 5.82 Å². The van der Waals surface area contributed by atoms with Gasteiger partial charge in [-0.1, -0.05) is 35.9 Å². The summed E-state index contributed by atoms with van der Waals surface area (Å²) in [5.41, 5.74) is 2.04. The molecular formula is C15H9ClFN. The van der Waals surface area contributed by atoms with Crippen LogP contribution in [0.2, 0.25) is 5.02 Å². The molecule has 0 unspecified atom stereocenters. The van der Waals surface area contributed by atoms with Crippen LogP contribution in [0.1, 0.15) is 0 Å². The van der Waals surface area contributed by atoms with Crippen LogP contribution in [0.25, 0.3) is 22.0 Å². The van der Waals surface area contributed by atoms with Gasteiger partial charge in [-0.05, 0) is 29.8 Å². The number of hydrogen-bond donors (Lipinski definition) is 0. The zero-order chi connectivity index (χ0) is 12.5. The van der Waals surface area contributed by atoms with Crippen LogP contribution in [-0.2, 0) is 0 Å². The first-order chi connectivity index (χ1) is 8.75. The predicted molar refractivity (Wildman–Crippen MR) is 72.1 cm³/mol. The van der Waals surface area contributed by atoms with Crippen molar-refractivity contribution in [1.82, 2.24) is 4.98 Å². The summed E-state index contributed by atoms with van der Waals surface area (Å²) >= 11 is 6.18. The van der Waals surface area contributed by atoms with E-state index in [1.165, 1.54) is 6.07 Å². The van der Waals surface area contributed by atoms with E-state index in [0.717, 1.165) is 16.5 Å². The van der Waals surface area contributed by atoms with Crippen LogP contribution in [0.3, 0.4) is 0 Å². The molecule has 0 N–H and O–H groups in total. The van der Waals surface area contributed by atoms with E-state index >= 15 is 0 Å². The van der Waals surface area contributed by atoms with Crippen LogP contribution in [-0.4, -0.2) is 4.98 Å². The molecule has 0 aliphatic rings. The van der Waals surface area contributed by atoms with E-state index in [9.17, 15) is 4.39 Å². The molecule has 0 saturated heterocycles. The third-order valence-electron chi connectivity index (χ3n) is 2.84. The zero-order valence-corrected chi connectivity index (χ0v) is 10.2. The second kappa shape index (κ2) is 4.39. The first-order valence-electron chi connectivity index (χ1n) is 5.55. The highest BCUT2D eigenvalue weighted by atomic mass is 35.5. The normalized spacial score (nSPS) is 10.8. The van der Waals surface area contributed by atoms with Gasteiger partial charge in [0, 0.05) is 17.1 Å². The summed E-state index contributed by atoms with van der Waals surface area (Å²) in [6, 6.07) is 14.0. The van der Waals surface area contributed by atoms with E-state index in [0.29, 0.717) is 10.6 Å². The lowest BCUT2D eigenvalue weighted by atomic mass is 10.0. The van der Waals surface area contributed by atoms with E-state index in [2.05, 4.69) is 4.98 Å². The standard InChI is InChI=1S/C15H9ClFN/c16-13-9-11(12-5-1-2-6-14(12)17)8-10-4-3-7-18-15(10)13/h1-9H. The molecule has 0 atom stereocenters. The molecule has 3 rings (SSSR count). The fraction of sp³-hybridized carbons (Fsp3) is 0. The van der Waals surface area contributed by atoms with Crippen molar-refractivity contribution in [3.05, 3.63) is 65.6 Å². The maximum atomic E-state index is 13.7. The van der Waals surface area contributed by atoms with Gasteiger partial charge in [0.05, 0.1) is 10.5 Å². The van der Waals surface area contributed by atoms with Crippen molar-refractivity contribution < 1.29 is 4.39 Å². The molecule has 3 heteroatoms. The highest BCUT2D eigenvalue weighted by Crippen LogP contribution is 2.30. The predicted octanol–water partition coefficient (Wildman–Crippen LogP) is 4.69. The number of hydrogen-bond acceptors (Lipinski definition) is 1. The third kappa shape index (κ3) is 1.85. The Morgan fingerprint density at radius 3 is 2.67 bits per heavy atom. The van der Waals surface area contributed by atoms with Gasteiger partial charge in [-0.25, -0.2) is 4.39 Å². The minimum atomic E-state index is -0.253. The molecule has 1 nitrogen and oxygen atoms in total. The van der Waals surface area contributed by atoms with Crippen molar-refractivity contribution in [3.8, 4) is 11.1 Å². The van der Waals surface area contributed by atoms with Crippen LogP contribution in [0.15, 0.2) is 54.7 Å². The summed E-state index contributed by atoms with van der Waals surface area (Å²) in [6.07, 6.45) is 1.69. The Bertz CT molecular complexity index is 725. The van der Waals surface area contributed by atoms with Gasteiger partial charge < -0.3 is 0 Å². The molecule has 2 aromatic carbocycles. The second-order valence-corrected chi connectivity index (χ2v) is 4.42. The Kier molecular flexibility index (Phi) is 2.73. The van der Waals surface area contributed by atoms with Crippen LogP contribution >= 0.6 is 11.6 Å². The molecule has 0 aliphatic carbocycles. The van der Waals surface area contributed by atoms with Gasteiger partial charge in [-0.3, -0.25) is 4.98 Å². The molecule has 0 radical (unpaired) electrons. The molecule has 88 valence electrons. The molecular weight excluding hydrogens is 249 g/mol. The Hall–Kier alpha value is -1.93. The zero-order valence-electron chi connectivity index (χ0n) is 9.40. The lowest BCUT2D eigenvalue weighted by Crippen LogP contribution is -1.86. The van der Waals surface area contributed by atoms with Gasteiger partial charge in [0.25, 0.3) is 0 Å². The maximum absolute atomic E-state index is 13.7. The quantitative estimate of drug-likeness (QED) is 0.616. The molecule has 3 aromatic rings. The summed E-state index contributed by atoms with van der Waals surface area (Å²) < 4.78 is 13.7. The second-order valence-electron chi connectivity index (χ2n) is 4.01. The minimum absolute atomic E-state index is 0.253. The van der Waals surface area contributed by atoms with Crippen molar-refractivity contribution in [2.75, 3.05) is 0 Å². The maximum Gasteiger partial charge on any atom is 0.131 e. The summed E-state index contributed by atoms with van der Waals surface area (Å²) in [5, 5.41) is 1.44. The monoisotopic (exact) mass is 257 g/mol. The van der Waals surface area contributed by atoms with E-state index < -0.39 is 0 Å². The Morgan fingerprint density at radius 2 is 1.83 bits per heavy atom. The number of nitrogens with zero attached hydrogens (tertiary/aromatic N) is 1. The molecule has 0 fully saturated rings. The van der Waals surface area contributed by atoms with Gasteiger partial charge in [-0.15, -0.1) is 0 Å². The topological polar surface area (TPSA) is 12.9 Å². The average molecular weight is 258 g/mol. The smallest absolute Gasteiger partial charge is 0.131 e. The van der Waals surface area contributed by atoms with Crippen molar-refractivity contribution in [2.24, 2.45) is 0 Å². The van der Waals surface area contributed by atoms with Gasteiger partial charge in [0.15, 0.2) is 0 Å². The number of rotatable bonds is 1. The Balaban J connectivity index is 2.28. The fourth-order valence-electron chi connectivity index (χ4n) is 2.00. The van der Waals surface area contributed by atoms with E-state index in [-0.39, 0.29) is 5.82 Å². The van der Waals surface area contributed by atoms with Crippen LogP contribution < -0.4 is 0 Å². The number of halogens is 2. The fourth-order valence-corrected chi connectivity index (χ4v) is 2.27. The molecule has 1 heterocycles. The Morgan fingerprint density at radius 1 is 1.00 bits per heavy atom. The largest absolute Gasteiger partial charge is 0.255 e. The van der Waals surface area contributed by atoms with E-state index in [1.807, 2.05) is 18.2 Å². The van der Waals surface area contributed by atoms with Gasteiger partial charge in [0.2, 0.25) is 0 Å². The molecule has 0 bridgehead atoms. The lowest BCUT2D eigenvalue weighted by molar-refractivity contribution is 0.631. The van der Waals surface area contributed by atoms with E-state index in [1.54, 1.807) is 30.5 Å². The minimum Gasteiger partial charge on any atom is -0.255 e. The van der Waals surface area contributed by atoms with Crippen LogP contribution in [0, 0.1) is 5.82 Å². The number of pyridine rings is 1. The summed E-state index contributed by atoms with van der Waals surface area (Å²) in [7, 11) is 0. The van der Waals surface area contributed by atoms with Crippen molar-refractivity contribution in [1.29, 1.82) is 0 Å². The third-order valence-corrected chi connectivity index (χ3v) is 3.13. The molecule has 1 aromatic heterocycles. The van der Waals surface area contributed by atoms with Crippen molar-refractivity contribution in [3.63, 3.8) is 0 Å². The van der Waals surface area contributed by atoms with Gasteiger partial charge >= 0.3 is 0 Å². The molecule has 18 heavy (non-hydrogen) atoms. The first kappa shape index (κ1) is 11.2. The van der Waals surface area contributed by atoms with Crippen LogP contribution in [0.4, 0.5) is 4.39 Å². The van der Waals surface area contributed by atoms with Gasteiger partial charge in [-0.2, -0.15) is 0 Å². The summed E-state index contributed by atoms with van der Waals surface area (Å²) in [4.78, 5) is 4.21. The summed E-state index contributed by atoms with van der Waals surface area (Å²) in [5.74, 6) is -0.253. The van der Waals surface area contributed by atoms with Crippen LogP contribution in [0.5, 0.6) is 0 Å². The lowest BCUT2D eigenvalue weighted by Gasteiger charge is -2.06. The molecule has 0 spiro atoms. The highest BCUT2D eigenvalue weighted by molar-refractivity contribution is 6.35. The number of benzene rings is 2. The molecule has 0 aliphatic heterocycles.